The monoisotopic (exact) mass is 512 g/mol. The van der Waals surface area contributed by atoms with Crippen molar-refractivity contribution < 1.29 is 9.84 Å². The van der Waals surface area contributed by atoms with Gasteiger partial charge in [-0.05, 0) is 37.4 Å². The zero-order chi connectivity index (χ0) is 20.4. The first-order chi connectivity index (χ1) is 13.6. The van der Waals surface area contributed by atoms with E-state index in [4.69, 9.17) is 4.74 Å². The maximum Gasteiger partial charge on any atom is 0.191 e. The van der Waals surface area contributed by atoms with E-state index in [1.807, 2.05) is 42.5 Å². The van der Waals surface area contributed by atoms with Crippen LogP contribution in [0.15, 0.2) is 59.6 Å². The lowest BCUT2D eigenvalue weighted by atomic mass is 10.0. The molecule has 2 aromatic carbocycles. The molecular weight excluding hydrogens is 479 g/mol. The third-order valence-corrected chi connectivity index (χ3v) is 4.80. The van der Waals surface area contributed by atoms with Crippen molar-refractivity contribution in [1.82, 2.24) is 15.5 Å². The maximum absolute atomic E-state index is 9.74. The fraction of sp³-hybridized carbons (Fsp3) is 0.409. The van der Waals surface area contributed by atoms with Crippen LogP contribution in [0.2, 0.25) is 0 Å². The number of ether oxygens (including phenoxy) is 1. The SMILES string of the molecule is CN=C(NCC(CO)c1ccccc1)NCC(c1cccc(OC)c1)N(C)C.I. The first-order valence-electron chi connectivity index (χ1n) is 9.49. The molecule has 0 fully saturated rings. The molecule has 6 nitrogen and oxygen atoms in total. The molecule has 29 heavy (non-hydrogen) atoms. The predicted octanol–water partition coefficient (Wildman–Crippen LogP) is 2.86. The van der Waals surface area contributed by atoms with Gasteiger partial charge < -0.3 is 25.4 Å². The van der Waals surface area contributed by atoms with E-state index in [0.717, 1.165) is 11.3 Å². The highest BCUT2D eigenvalue weighted by molar-refractivity contribution is 14.0. The Morgan fingerprint density at radius 2 is 1.69 bits per heavy atom. The van der Waals surface area contributed by atoms with Crippen molar-refractivity contribution in [3.8, 4) is 5.75 Å². The van der Waals surface area contributed by atoms with Crippen LogP contribution >= 0.6 is 24.0 Å². The van der Waals surface area contributed by atoms with E-state index in [1.165, 1.54) is 5.56 Å². The number of nitrogens with one attached hydrogen (secondary N) is 2. The van der Waals surface area contributed by atoms with Crippen LogP contribution in [0.3, 0.4) is 0 Å². The number of hydrogen-bond acceptors (Lipinski definition) is 4. The lowest BCUT2D eigenvalue weighted by molar-refractivity contribution is 0.264. The van der Waals surface area contributed by atoms with Crippen LogP contribution in [0.25, 0.3) is 0 Å². The average molecular weight is 512 g/mol. The highest BCUT2D eigenvalue weighted by atomic mass is 127. The number of rotatable bonds is 9. The number of aliphatic imine (C=N–C) groups is 1. The molecule has 0 saturated heterocycles. The molecule has 2 rings (SSSR count). The van der Waals surface area contributed by atoms with E-state index in [1.54, 1.807) is 14.2 Å². The zero-order valence-electron chi connectivity index (χ0n) is 17.6. The summed E-state index contributed by atoms with van der Waals surface area (Å²) in [6.45, 7) is 1.37. The minimum Gasteiger partial charge on any atom is -0.497 e. The molecule has 0 amide bonds. The van der Waals surface area contributed by atoms with Crippen molar-refractivity contribution in [2.75, 3.05) is 47.9 Å². The highest BCUT2D eigenvalue weighted by Gasteiger charge is 2.16. The van der Waals surface area contributed by atoms with Crippen molar-refractivity contribution in [2.45, 2.75) is 12.0 Å². The molecular formula is C22H33IN4O2. The molecule has 0 spiro atoms. The van der Waals surface area contributed by atoms with Crippen LogP contribution in [0.1, 0.15) is 23.1 Å². The minimum absolute atomic E-state index is 0. The molecule has 0 saturated carbocycles. The summed E-state index contributed by atoms with van der Waals surface area (Å²) in [7, 11) is 7.54. The van der Waals surface area contributed by atoms with Gasteiger partial charge in [0.05, 0.1) is 19.8 Å². The lowest BCUT2D eigenvalue weighted by Crippen LogP contribution is -2.43. The van der Waals surface area contributed by atoms with Crippen LogP contribution in [0.4, 0.5) is 0 Å². The van der Waals surface area contributed by atoms with E-state index in [0.29, 0.717) is 19.0 Å². The Hall–Kier alpha value is -1.84. The summed E-state index contributed by atoms with van der Waals surface area (Å²) in [5, 5.41) is 16.5. The molecule has 0 bridgehead atoms. The molecule has 2 aromatic rings. The van der Waals surface area contributed by atoms with Crippen LogP contribution < -0.4 is 15.4 Å². The van der Waals surface area contributed by atoms with E-state index >= 15 is 0 Å². The van der Waals surface area contributed by atoms with Gasteiger partial charge in [0.25, 0.3) is 0 Å². The number of halogens is 1. The fourth-order valence-corrected chi connectivity index (χ4v) is 3.09. The molecule has 2 atom stereocenters. The van der Waals surface area contributed by atoms with Gasteiger partial charge in [0.15, 0.2) is 5.96 Å². The maximum atomic E-state index is 9.74. The van der Waals surface area contributed by atoms with Crippen molar-refractivity contribution in [2.24, 2.45) is 4.99 Å². The number of guanidine groups is 1. The number of aliphatic hydroxyl groups excluding tert-OH is 1. The van der Waals surface area contributed by atoms with E-state index in [9.17, 15) is 5.11 Å². The van der Waals surface area contributed by atoms with Gasteiger partial charge in [-0.1, -0.05) is 42.5 Å². The van der Waals surface area contributed by atoms with Gasteiger partial charge in [-0.3, -0.25) is 4.99 Å². The third kappa shape index (κ3) is 7.83. The topological polar surface area (TPSA) is 69.1 Å². The van der Waals surface area contributed by atoms with Crippen molar-refractivity contribution in [3.05, 3.63) is 65.7 Å². The fourth-order valence-electron chi connectivity index (χ4n) is 3.09. The summed E-state index contributed by atoms with van der Waals surface area (Å²) < 4.78 is 5.35. The molecule has 2 unspecified atom stereocenters. The third-order valence-electron chi connectivity index (χ3n) is 4.80. The van der Waals surface area contributed by atoms with Crippen molar-refractivity contribution in [1.29, 1.82) is 0 Å². The Labute approximate surface area is 191 Å². The standard InChI is InChI=1S/C22H32N4O2.HI/c1-23-22(24-14-19(16-27)17-9-6-5-7-10-17)25-15-21(26(2)3)18-11-8-12-20(13-18)28-4;/h5-13,19,21,27H,14-16H2,1-4H3,(H2,23,24,25);1H. The van der Waals surface area contributed by atoms with Crippen LogP contribution in [-0.2, 0) is 0 Å². The minimum atomic E-state index is 0. The average Bonchev–Trinajstić information content (AvgIpc) is 2.73. The molecule has 0 aliphatic carbocycles. The second kappa shape index (κ2) is 13.4. The van der Waals surface area contributed by atoms with Gasteiger partial charge in [0, 0.05) is 26.1 Å². The first kappa shape index (κ1) is 25.2. The normalized spacial score (nSPS) is 13.4. The molecule has 7 heteroatoms. The van der Waals surface area contributed by atoms with Gasteiger partial charge in [-0.2, -0.15) is 0 Å². The van der Waals surface area contributed by atoms with Gasteiger partial charge in [0.2, 0.25) is 0 Å². The molecule has 0 aromatic heterocycles. The Kier molecular flexibility index (Phi) is 11.6. The quantitative estimate of drug-likeness (QED) is 0.274. The number of methoxy groups -OCH3 is 1. The predicted molar refractivity (Wildman–Crippen MR) is 130 cm³/mol. The van der Waals surface area contributed by atoms with Crippen LogP contribution in [0, 0.1) is 0 Å². The van der Waals surface area contributed by atoms with Crippen LogP contribution in [0.5, 0.6) is 5.75 Å². The summed E-state index contributed by atoms with van der Waals surface area (Å²) in [5.74, 6) is 1.58. The largest absolute Gasteiger partial charge is 0.497 e. The van der Waals surface area contributed by atoms with Crippen molar-refractivity contribution >= 4 is 29.9 Å². The van der Waals surface area contributed by atoms with Gasteiger partial charge >= 0.3 is 0 Å². The summed E-state index contributed by atoms with van der Waals surface area (Å²) in [6, 6.07) is 18.3. The molecule has 160 valence electrons. The second-order valence-corrected chi connectivity index (χ2v) is 6.88. The lowest BCUT2D eigenvalue weighted by Gasteiger charge is -2.26. The Balaban J connectivity index is 0.00000420. The molecule has 3 N–H and O–H groups in total. The zero-order valence-corrected chi connectivity index (χ0v) is 20.0. The summed E-state index contributed by atoms with van der Waals surface area (Å²) in [4.78, 5) is 6.48. The van der Waals surface area contributed by atoms with E-state index < -0.39 is 0 Å². The molecule has 0 aliphatic rings. The van der Waals surface area contributed by atoms with Crippen molar-refractivity contribution in [3.63, 3.8) is 0 Å². The highest BCUT2D eigenvalue weighted by Crippen LogP contribution is 2.22. The summed E-state index contributed by atoms with van der Waals surface area (Å²) >= 11 is 0. The summed E-state index contributed by atoms with van der Waals surface area (Å²) in [6.07, 6.45) is 0. The second-order valence-electron chi connectivity index (χ2n) is 6.88. The number of aliphatic hydroxyl groups is 1. The van der Waals surface area contributed by atoms with Gasteiger partial charge in [-0.25, -0.2) is 0 Å². The van der Waals surface area contributed by atoms with Gasteiger partial charge in [0.1, 0.15) is 5.75 Å². The Bertz CT molecular complexity index is 741. The molecule has 0 heterocycles. The number of likely N-dealkylation sites (N-methyl/N-ethyl adjacent to an activating group) is 1. The smallest absolute Gasteiger partial charge is 0.191 e. The molecule has 0 radical (unpaired) electrons. The van der Waals surface area contributed by atoms with Crippen LogP contribution in [-0.4, -0.2) is 63.9 Å². The first-order valence-corrected chi connectivity index (χ1v) is 9.49. The summed E-state index contributed by atoms with van der Waals surface area (Å²) in [5.41, 5.74) is 2.28. The van der Waals surface area contributed by atoms with E-state index in [-0.39, 0.29) is 42.5 Å². The van der Waals surface area contributed by atoms with E-state index in [2.05, 4.69) is 46.8 Å². The van der Waals surface area contributed by atoms with Gasteiger partial charge in [-0.15, -0.1) is 24.0 Å². The number of benzene rings is 2. The Morgan fingerprint density at radius 1 is 1.03 bits per heavy atom. The Morgan fingerprint density at radius 3 is 2.28 bits per heavy atom. The number of hydrogen-bond donors (Lipinski definition) is 3. The number of nitrogens with zero attached hydrogens (tertiary/aromatic N) is 2. The molecule has 0 aliphatic heterocycles.